The van der Waals surface area contributed by atoms with E-state index in [1.807, 2.05) is 50.2 Å². The fraction of sp³-hybridized carbons (Fsp3) is 0.405. The number of allylic oxidation sites excluding steroid dienone is 4. The summed E-state index contributed by atoms with van der Waals surface area (Å²) in [4.78, 5) is 43.9. The first kappa shape index (κ1) is 35.9. The number of hydrogen-bond acceptors (Lipinski definition) is 6. The van der Waals surface area contributed by atoms with Crippen molar-refractivity contribution in [1.29, 1.82) is 0 Å². The maximum Gasteiger partial charge on any atom is 0.262 e. The van der Waals surface area contributed by atoms with E-state index in [1.165, 1.54) is 5.56 Å². The number of carbonyl (C=O) groups is 3. The van der Waals surface area contributed by atoms with Gasteiger partial charge in [-0.15, -0.1) is 0 Å². The van der Waals surface area contributed by atoms with Crippen LogP contribution in [0.3, 0.4) is 0 Å². The van der Waals surface area contributed by atoms with Gasteiger partial charge < -0.3 is 19.7 Å². The van der Waals surface area contributed by atoms with Crippen LogP contribution in [0.15, 0.2) is 83.2 Å². The quantitative estimate of drug-likeness (QED) is 0.218. The molecule has 50 heavy (non-hydrogen) atoms. The highest BCUT2D eigenvalue weighted by atomic mass is 127. The molecule has 3 aromatic carbocycles. The summed E-state index contributed by atoms with van der Waals surface area (Å²) in [6.07, 6.45) is 3.13. The largest absolute Gasteiger partial charge is 0.493 e. The van der Waals surface area contributed by atoms with Gasteiger partial charge in [-0.2, -0.15) is 0 Å². The molecule has 262 valence electrons. The molecule has 6 rings (SSSR count). The number of anilines is 1. The van der Waals surface area contributed by atoms with Crippen LogP contribution < -0.4 is 14.8 Å². The monoisotopic (exact) mass is 786 g/mol. The molecule has 8 heteroatoms. The van der Waals surface area contributed by atoms with Crippen molar-refractivity contribution in [3.05, 3.63) is 109 Å². The van der Waals surface area contributed by atoms with Gasteiger partial charge in [-0.05, 0) is 107 Å². The maximum atomic E-state index is 14.3. The normalized spacial score (nSPS) is 18.5. The van der Waals surface area contributed by atoms with Crippen LogP contribution in [0.25, 0.3) is 0 Å². The number of rotatable bonds is 9. The maximum absolute atomic E-state index is 14.3. The summed E-state index contributed by atoms with van der Waals surface area (Å²) in [6.45, 7) is 13.1. The van der Waals surface area contributed by atoms with Crippen molar-refractivity contribution in [3.63, 3.8) is 0 Å². The Morgan fingerprint density at radius 2 is 1.50 bits per heavy atom. The summed E-state index contributed by atoms with van der Waals surface area (Å²) in [6, 6.07) is 20.2. The number of halogens is 1. The van der Waals surface area contributed by atoms with E-state index in [9.17, 15) is 14.4 Å². The smallest absolute Gasteiger partial charge is 0.262 e. The number of amides is 1. The second-order valence-corrected chi connectivity index (χ2v) is 16.8. The third-order valence-corrected chi connectivity index (χ3v) is 10.9. The van der Waals surface area contributed by atoms with Crippen LogP contribution in [0.1, 0.15) is 81.5 Å². The number of hydrogen-bond donors (Lipinski definition) is 1. The lowest BCUT2D eigenvalue weighted by Gasteiger charge is -2.49. The Hall–Kier alpha value is -3.92. The molecule has 0 unspecified atom stereocenters. The van der Waals surface area contributed by atoms with Crippen LogP contribution in [0.2, 0.25) is 0 Å². The summed E-state index contributed by atoms with van der Waals surface area (Å²) in [5, 5.41) is 2.95. The highest BCUT2D eigenvalue weighted by Crippen LogP contribution is 2.55. The molecule has 1 amide bonds. The predicted octanol–water partition coefficient (Wildman–Crippen LogP) is 8.86. The van der Waals surface area contributed by atoms with Crippen LogP contribution in [0.5, 0.6) is 11.5 Å². The van der Waals surface area contributed by atoms with Gasteiger partial charge in [0.15, 0.2) is 29.7 Å². The minimum atomic E-state index is -0.510. The summed E-state index contributed by atoms with van der Waals surface area (Å²) in [5.41, 5.74) is 7.92. The minimum absolute atomic E-state index is 0.0903. The molecule has 0 bridgehead atoms. The molecule has 2 aliphatic carbocycles. The SMILES string of the molecule is COc1cc(C2C3=C(CC(C)(C)CC3=O)N(CCc3ccccc3)C3=C2C(=O)CC(C)(C)C3)cc(I)c1OCC(=O)Nc1cc(C)ccc1C. The van der Waals surface area contributed by atoms with E-state index in [0.717, 1.165) is 67.8 Å². The van der Waals surface area contributed by atoms with E-state index in [-0.39, 0.29) is 34.9 Å². The van der Waals surface area contributed by atoms with E-state index in [1.54, 1.807) is 7.11 Å². The zero-order valence-corrected chi connectivity index (χ0v) is 32.3. The number of nitrogens with one attached hydrogen (secondary N) is 1. The van der Waals surface area contributed by atoms with Crippen molar-refractivity contribution >= 4 is 45.8 Å². The number of ketones is 2. The van der Waals surface area contributed by atoms with Crippen molar-refractivity contribution < 1.29 is 23.9 Å². The third-order valence-electron chi connectivity index (χ3n) is 10.1. The van der Waals surface area contributed by atoms with Crippen LogP contribution in [-0.4, -0.2) is 42.6 Å². The molecule has 1 heterocycles. The molecule has 1 aliphatic heterocycles. The molecular formula is C42H47IN2O5. The highest BCUT2D eigenvalue weighted by molar-refractivity contribution is 14.1. The molecule has 1 N–H and O–H groups in total. The van der Waals surface area contributed by atoms with Crippen molar-refractivity contribution in [2.75, 3.05) is 25.6 Å². The number of methoxy groups -OCH3 is 1. The van der Waals surface area contributed by atoms with Crippen molar-refractivity contribution in [2.24, 2.45) is 10.8 Å². The van der Waals surface area contributed by atoms with Crippen molar-refractivity contribution in [1.82, 2.24) is 4.90 Å². The van der Waals surface area contributed by atoms with E-state index < -0.39 is 5.92 Å². The van der Waals surface area contributed by atoms with Gasteiger partial charge in [0, 0.05) is 53.5 Å². The average molecular weight is 787 g/mol. The zero-order chi connectivity index (χ0) is 36.0. The van der Waals surface area contributed by atoms with E-state index in [0.29, 0.717) is 30.9 Å². The standard InChI is InChI=1S/C42H47IN2O5/c1-25-13-14-26(2)30(17-25)44-36(48)24-50-40-29(43)18-28(19-35(40)49-7)37-38-31(20-41(3,4)22-33(38)46)45(16-15-27-11-9-8-10-12-27)32-21-42(5,6)23-34(47)39(32)37/h8-14,17-19,37H,15-16,20-24H2,1-7H3,(H,44,48). The summed E-state index contributed by atoms with van der Waals surface area (Å²) < 4.78 is 12.7. The first-order valence-corrected chi connectivity index (χ1v) is 18.5. The lowest BCUT2D eigenvalue weighted by Crippen LogP contribution is -2.45. The van der Waals surface area contributed by atoms with Gasteiger partial charge in [0.1, 0.15) is 0 Å². The second kappa shape index (κ2) is 14.0. The minimum Gasteiger partial charge on any atom is -0.493 e. The summed E-state index contributed by atoms with van der Waals surface area (Å²) in [7, 11) is 1.57. The Bertz CT molecular complexity index is 1870. The number of benzene rings is 3. The van der Waals surface area contributed by atoms with Crippen LogP contribution in [0.4, 0.5) is 5.69 Å². The van der Waals surface area contributed by atoms with Gasteiger partial charge in [0.2, 0.25) is 0 Å². The van der Waals surface area contributed by atoms with Gasteiger partial charge in [-0.1, -0.05) is 70.2 Å². The molecule has 0 saturated carbocycles. The molecule has 0 radical (unpaired) electrons. The lowest BCUT2D eigenvalue weighted by atomic mass is 9.63. The van der Waals surface area contributed by atoms with Crippen molar-refractivity contribution in [2.45, 2.75) is 79.6 Å². The first-order valence-electron chi connectivity index (χ1n) is 17.4. The van der Waals surface area contributed by atoms with Crippen LogP contribution in [0, 0.1) is 28.2 Å². The molecule has 0 spiro atoms. The number of aryl methyl sites for hydroxylation is 2. The number of nitrogens with zero attached hydrogens (tertiary/aromatic N) is 1. The number of carbonyl (C=O) groups excluding carboxylic acids is 3. The van der Waals surface area contributed by atoms with E-state index in [4.69, 9.17) is 9.47 Å². The lowest BCUT2D eigenvalue weighted by molar-refractivity contribution is -0.120. The van der Waals surface area contributed by atoms with Gasteiger partial charge in [-0.25, -0.2) is 0 Å². The number of ether oxygens (including phenoxy) is 2. The highest BCUT2D eigenvalue weighted by Gasteiger charge is 2.49. The molecule has 7 nitrogen and oxygen atoms in total. The van der Waals surface area contributed by atoms with Gasteiger partial charge in [0.25, 0.3) is 5.91 Å². The topological polar surface area (TPSA) is 84.9 Å². The predicted molar refractivity (Wildman–Crippen MR) is 205 cm³/mol. The Kier molecular flexibility index (Phi) is 10.1. The molecule has 0 atom stereocenters. The summed E-state index contributed by atoms with van der Waals surface area (Å²) in [5.74, 6) is 0.293. The Morgan fingerprint density at radius 1 is 0.880 bits per heavy atom. The van der Waals surface area contributed by atoms with E-state index >= 15 is 0 Å². The molecule has 3 aromatic rings. The van der Waals surface area contributed by atoms with Gasteiger partial charge in [0.05, 0.1) is 10.7 Å². The van der Waals surface area contributed by atoms with Crippen LogP contribution >= 0.6 is 22.6 Å². The van der Waals surface area contributed by atoms with Gasteiger partial charge in [-0.3, -0.25) is 14.4 Å². The average Bonchev–Trinajstić information content (AvgIpc) is 3.03. The molecule has 3 aliphatic rings. The van der Waals surface area contributed by atoms with E-state index in [2.05, 4.69) is 84.8 Å². The first-order chi connectivity index (χ1) is 23.7. The van der Waals surface area contributed by atoms with Crippen LogP contribution in [-0.2, 0) is 20.8 Å². The third kappa shape index (κ3) is 7.41. The zero-order valence-electron chi connectivity index (χ0n) is 30.2. The Morgan fingerprint density at radius 3 is 2.10 bits per heavy atom. The molecule has 0 aromatic heterocycles. The Balaban J connectivity index is 1.40. The summed E-state index contributed by atoms with van der Waals surface area (Å²) >= 11 is 2.20. The van der Waals surface area contributed by atoms with Crippen molar-refractivity contribution in [3.8, 4) is 11.5 Å². The fourth-order valence-corrected chi connectivity index (χ4v) is 8.56. The molecule has 0 saturated heterocycles. The van der Waals surface area contributed by atoms with Gasteiger partial charge >= 0.3 is 0 Å². The molecular weight excluding hydrogens is 739 g/mol. The second-order valence-electron chi connectivity index (χ2n) is 15.6. The number of Topliss-reactive ketones (excluding diaryl/α,β-unsaturated/α-hetero) is 2. The Labute approximate surface area is 309 Å². The fourth-order valence-electron chi connectivity index (χ4n) is 7.78. The molecule has 0 fully saturated rings.